The summed E-state index contributed by atoms with van der Waals surface area (Å²) in [6.07, 6.45) is 4.11. The van der Waals surface area contributed by atoms with Gasteiger partial charge in [0.2, 0.25) is 0 Å². The molecule has 1 atom stereocenters. The second kappa shape index (κ2) is 5.55. The van der Waals surface area contributed by atoms with Crippen LogP contribution in [-0.2, 0) is 6.42 Å². The Morgan fingerprint density at radius 2 is 1.80 bits per heavy atom. The first kappa shape index (κ1) is 14.4. The number of aromatic nitrogens is 3. The molecule has 5 rings (SSSR count). The summed E-state index contributed by atoms with van der Waals surface area (Å²) in [5.74, 6) is 1.20. The predicted molar refractivity (Wildman–Crippen MR) is 101 cm³/mol. The first-order valence-electron chi connectivity index (χ1n) is 8.78. The van der Waals surface area contributed by atoms with Crippen LogP contribution in [0.2, 0.25) is 0 Å². The number of hydrogen-bond donors (Lipinski definition) is 0. The Balaban J connectivity index is 1.66. The molecule has 0 spiro atoms. The van der Waals surface area contributed by atoms with Crippen LogP contribution in [0.1, 0.15) is 29.5 Å². The Morgan fingerprint density at radius 1 is 0.960 bits per heavy atom. The predicted octanol–water partition coefficient (Wildman–Crippen LogP) is 4.94. The highest BCUT2D eigenvalue weighted by molar-refractivity contribution is 5.83. The fourth-order valence-corrected chi connectivity index (χ4v) is 3.87. The van der Waals surface area contributed by atoms with E-state index >= 15 is 0 Å². The van der Waals surface area contributed by atoms with Crippen molar-refractivity contribution in [2.45, 2.75) is 25.8 Å². The maximum absolute atomic E-state index is 4.87. The molecular weight excluding hydrogens is 306 g/mol. The maximum atomic E-state index is 4.87. The van der Waals surface area contributed by atoms with Crippen molar-refractivity contribution in [1.82, 2.24) is 14.5 Å². The van der Waals surface area contributed by atoms with Gasteiger partial charge < -0.3 is 4.57 Å². The number of hydrogen-bond acceptors (Lipinski definition) is 2. The van der Waals surface area contributed by atoms with Crippen molar-refractivity contribution in [2.75, 3.05) is 0 Å². The summed E-state index contributed by atoms with van der Waals surface area (Å²) in [5, 5.41) is 0. The number of benzene rings is 2. The summed E-state index contributed by atoms with van der Waals surface area (Å²) >= 11 is 0. The second-order valence-corrected chi connectivity index (χ2v) is 6.75. The van der Waals surface area contributed by atoms with Gasteiger partial charge in [0.05, 0.1) is 17.1 Å². The zero-order valence-electron chi connectivity index (χ0n) is 14.2. The third kappa shape index (κ3) is 2.35. The molecule has 0 saturated heterocycles. The number of aryl methyl sites for hydroxylation is 2. The van der Waals surface area contributed by atoms with Gasteiger partial charge in [-0.05, 0) is 42.7 Å². The van der Waals surface area contributed by atoms with Crippen LogP contribution < -0.4 is 0 Å². The summed E-state index contributed by atoms with van der Waals surface area (Å²) in [6, 6.07) is 21.9. The Kier molecular flexibility index (Phi) is 3.20. The Labute approximate surface area is 147 Å². The van der Waals surface area contributed by atoms with Gasteiger partial charge in [-0.2, -0.15) is 0 Å². The van der Waals surface area contributed by atoms with Gasteiger partial charge in [0.25, 0.3) is 0 Å². The molecule has 0 saturated carbocycles. The van der Waals surface area contributed by atoms with E-state index in [1.807, 2.05) is 13.1 Å². The molecule has 2 aromatic carbocycles. The molecule has 25 heavy (non-hydrogen) atoms. The highest BCUT2D eigenvalue weighted by Gasteiger charge is 2.26. The van der Waals surface area contributed by atoms with E-state index in [9.17, 15) is 0 Å². The lowest BCUT2D eigenvalue weighted by Crippen LogP contribution is -2.05. The van der Waals surface area contributed by atoms with Gasteiger partial charge in [-0.3, -0.25) is 4.98 Å². The van der Waals surface area contributed by atoms with Crippen molar-refractivity contribution >= 4 is 11.0 Å². The largest absolute Gasteiger partial charge is 0.320 e. The smallest absolute Gasteiger partial charge is 0.110 e. The fourth-order valence-electron chi connectivity index (χ4n) is 3.87. The van der Waals surface area contributed by atoms with E-state index in [0.29, 0.717) is 6.04 Å². The molecule has 122 valence electrons. The van der Waals surface area contributed by atoms with Crippen LogP contribution in [0.3, 0.4) is 0 Å². The van der Waals surface area contributed by atoms with Crippen LogP contribution in [0.15, 0.2) is 66.9 Å². The number of nitrogens with zero attached hydrogens (tertiary/aromatic N) is 3. The molecule has 0 fully saturated rings. The lowest BCUT2D eigenvalue weighted by molar-refractivity contribution is 0.637. The van der Waals surface area contributed by atoms with Crippen LogP contribution in [0.4, 0.5) is 0 Å². The van der Waals surface area contributed by atoms with Crippen molar-refractivity contribution in [2.24, 2.45) is 0 Å². The van der Waals surface area contributed by atoms with E-state index in [4.69, 9.17) is 4.98 Å². The van der Waals surface area contributed by atoms with Gasteiger partial charge in [-0.25, -0.2) is 4.98 Å². The van der Waals surface area contributed by atoms with Gasteiger partial charge >= 0.3 is 0 Å². The normalized spacial score (nSPS) is 16.3. The van der Waals surface area contributed by atoms with Gasteiger partial charge in [0.15, 0.2) is 0 Å². The average Bonchev–Trinajstić information content (AvgIpc) is 3.22. The van der Waals surface area contributed by atoms with Crippen molar-refractivity contribution in [3.8, 4) is 11.1 Å². The van der Waals surface area contributed by atoms with Crippen molar-refractivity contribution in [3.63, 3.8) is 0 Å². The summed E-state index contributed by atoms with van der Waals surface area (Å²) in [5.41, 5.74) is 7.06. The monoisotopic (exact) mass is 325 g/mol. The van der Waals surface area contributed by atoms with Gasteiger partial charge in [0.1, 0.15) is 5.82 Å². The average molecular weight is 325 g/mol. The standard InChI is InChI=1S/C22H19N3/c1-15-7-8-18(14-23-15)17-9-10-19-21(13-17)25-20(11-12-22(25)24-19)16-5-3-2-4-6-16/h2-10,13-14,20H,11-12H2,1H3. The Bertz CT molecular complexity index is 1050. The first-order valence-corrected chi connectivity index (χ1v) is 8.78. The number of rotatable bonds is 2. The summed E-state index contributed by atoms with van der Waals surface area (Å²) in [6.45, 7) is 2.02. The molecule has 3 heterocycles. The van der Waals surface area contributed by atoms with Crippen LogP contribution in [-0.4, -0.2) is 14.5 Å². The lowest BCUT2D eigenvalue weighted by Gasteiger charge is -2.15. The molecule has 4 aromatic rings. The molecule has 0 aliphatic carbocycles. The van der Waals surface area contributed by atoms with E-state index < -0.39 is 0 Å². The molecule has 1 unspecified atom stereocenters. The minimum atomic E-state index is 0.382. The van der Waals surface area contributed by atoms with Crippen LogP contribution in [0.25, 0.3) is 22.2 Å². The second-order valence-electron chi connectivity index (χ2n) is 6.75. The lowest BCUT2D eigenvalue weighted by atomic mass is 10.0. The highest BCUT2D eigenvalue weighted by Crippen LogP contribution is 2.36. The zero-order valence-corrected chi connectivity index (χ0v) is 14.2. The number of imidazole rings is 1. The molecule has 3 heteroatoms. The van der Waals surface area contributed by atoms with Crippen molar-refractivity contribution in [1.29, 1.82) is 0 Å². The van der Waals surface area contributed by atoms with Crippen LogP contribution in [0.5, 0.6) is 0 Å². The molecule has 0 radical (unpaired) electrons. The molecule has 1 aliphatic rings. The minimum absolute atomic E-state index is 0.382. The third-order valence-electron chi connectivity index (χ3n) is 5.14. The van der Waals surface area contributed by atoms with Crippen molar-refractivity contribution < 1.29 is 0 Å². The van der Waals surface area contributed by atoms with E-state index in [0.717, 1.165) is 29.6 Å². The minimum Gasteiger partial charge on any atom is -0.320 e. The summed E-state index contributed by atoms with van der Waals surface area (Å²) in [7, 11) is 0. The SMILES string of the molecule is Cc1ccc(-c2ccc3nc4n(c3c2)C(c2ccccc2)CC4)cn1. The maximum Gasteiger partial charge on any atom is 0.110 e. The molecule has 1 aliphatic heterocycles. The zero-order chi connectivity index (χ0) is 16.8. The van der Waals surface area contributed by atoms with Gasteiger partial charge in [-0.1, -0.05) is 42.5 Å². The van der Waals surface area contributed by atoms with Crippen LogP contribution in [0, 0.1) is 6.92 Å². The van der Waals surface area contributed by atoms with E-state index in [-0.39, 0.29) is 0 Å². The fraction of sp³-hybridized carbons (Fsp3) is 0.182. The molecule has 0 N–H and O–H groups in total. The molecule has 3 nitrogen and oxygen atoms in total. The number of fused-ring (bicyclic) bond motifs is 3. The quantitative estimate of drug-likeness (QED) is 0.522. The van der Waals surface area contributed by atoms with E-state index in [2.05, 4.69) is 70.2 Å². The Hall–Kier alpha value is -2.94. The van der Waals surface area contributed by atoms with Crippen LogP contribution >= 0.6 is 0 Å². The molecule has 2 aromatic heterocycles. The molecule has 0 amide bonds. The first-order chi connectivity index (χ1) is 12.3. The van der Waals surface area contributed by atoms with E-state index in [1.54, 1.807) is 0 Å². The Morgan fingerprint density at radius 3 is 2.60 bits per heavy atom. The number of pyridine rings is 1. The highest BCUT2D eigenvalue weighted by atomic mass is 15.1. The topological polar surface area (TPSA) is 30.7 Å². The van der Waals surface area contributed by atoms with Gasteiger partial charge in [0, 0.05) is 23.9 Å². The molecular formula is C22H19N3. The summed E-state index contributed by atoms with van der Waals surface area (Å²) < 4.78 is 2.43. The third-order valence-corrected chi connectivity index (χ3v) is 5.14. The van der Waals surface area contributed by atoms with E-state index in [1.165, 1.54) is 22.5 Å². The summed E-state index contributed by atoms with van der Waals surface area (Å²) in [4.78, 5) is 9.30. The van der Waals surface area contributed by atoms with Gasteiger partial charge in [-0.15, -0.1) is 0 Å². The molecule has 0 bridgehead atoms. The van der Waals surface area contributed by atoms with Crippen molar-refractivity contribution in [3.05, 3.63) is 83.9 Å².